The zero-order valence-corrected chi connectivity index (χ0v) is 9.50. The molecule has 2 rings (SSSR count). The molecule has 0 amide bonds. The molecule has 0 atom stereocenters. The molecule has 0 radical (unpaired) electrons. The molecule has 0 saturated heterocycles. The first-order valence-electron chi connectivity index (χ1n) is 4.80. The number of para-hydroxylation sites is 1. The van der Waals surface area contributed by atoms with E-state index in [-0.39, 0.29) is 0 Å². The maximum absolute atomic E-state index is 4.42. The molecule has 0 N–H and O–H groups in total. The number of hydrogen-bond donors (Lipinski definition) is 0. The standard InChI is InChI=1S/C12H12BrN/c13-7-3-4-10-8-11-5-1-2-6-12(11)14-9-10/h1-2,5-6,8-9H,3-4,7H2. The van der Waals surface area contributed by atoms with Crippen molar-refractivity contribution in [1.29, 1.82) is 0 Å². The van der Waals surface area contributed by atoms with Crippen molar-refractivity contribution in [3.8, 4) is 0 Å². The second-order valence-electron chi connectivity index (χ2n) is 3.33. The zero-order chi connectivity index (χ0) is 9.80. The Kier molecular flexibility index (Phi) is 3.14. The smallest absolute Gasteiger partial charge is 0.0702 e. The quantitative estimate of drug-likeness (QED) is 0.759. The molecule has 0 spiro atoms. The molecule has 0 saturated carbocycles. The molecule has 1 nitrogen and oxygen atoms in total. The van der Waals surface area contributed by atoms with Crippen LogP contribution in [0.1, 0.15) is 12.0 Å². The summed E-state index contributed by atoms with van der Waals surface area (Å²) in [6.45, 7) is 0. The molecule has 0 aliphatic rings. The van der Waals surface area contributed by atoms with Gasteiger partial charge in [-0.25, -0.2) is 0 Å². The molecule has 0 aliphatic heterocycles. The van der Waals surface area contributed by atoms with E-state index in [2.05, 4.69) is 39.1 Å². The van der Waals surface area contributed by atoms with E-state index in [9.17, 15) is 0 Å². The predicted octanol–water partition coefficient (Wildman–Crippen LogP) is 3.56. The van der Waals surface area contributed by atoms with E-state index in [1.807, 2.05) is 18.3 Å². The number of rotatable bonds is 3. The van der Waals surface area contributed by atoms with Crippen molar-refractivity contribution in [2.24, 2.45) is 0 Å². The largest absolute Gasteiger partial charge is 0.256 e. The Balaban J connectivity index is 2.32. The van der Waals surface area contributed by atoms with Crippen LogP contribution in [0.4, 0.5) is 0 Å². The average Bonchev–Trinajstić information content (AvgIpc) is 2.26. The van der Waals surface area contributed by atoms with Gasteiger partial charge in [0.25, 0.3) is 0 Å². The van der Waals surface area contributed by atoms with E-state index >= 15 is 0 Å². The van der Waals surface area contributed by atoms with Gasteiger partial charge in [0.1, 0.15) is 0 Å². The number of halogens is 1. The van der Waals surface area contributed by atoms with Crippen molar-refractivity contribution in [3.05, 3.63) is 42.1 Å². The van der Waals surface area contributed by atoms with Crippen LogP contribution in [0.15, 0.2) is 36.5 Å². The lowest BCUT2D eigenvalue weighted by atomic mass is 10.1. The van der Waals surface area contributed by atoms with Crippen LogP contribution in [0.5, 0.6) is 0 Å². The van der Waals surface area contributed by atoms with Gasteiger partial charge in [-0.3, -0.25) is 4.98 Å². The lowest BCUT2D eigenvalue weighted by Gasteiger charge is -2.01. The fourth-order valence-electron chi connectivity index (χ4n) is 1.52. The van der Waals surface area contributed by atoms with Crippen LogP contribution in [-0.2, 0) is 6.42 Å². The van der Waals surface area contributed by atoms with Gasteiger partial charge >= 0.3 is 0 Å². The maximum atomic E-state index is 4.42. The Hall–Kier alpha value is -0.890. The number of fused-ring (bicyclic) bond motifs is 1. The highest BCUT2D eigenvalue weighted by Gasteiger charge is 1.96. The van der Waals surface area contributed by atoms with Crippen molar-refractivity contribution >= 4 is 26.8 Å². The van der Waals surface area contributed by atoms with Gasteiger partial charge in [-0.2, -0.15) is 0 Å². The number of aryl methyl sites for hydroxylation is 1. The third kappa shape index (κ3) is 2.13. The Bertz CT molecular complexity index is 425. The summed E-state index contributed by atoms with van der Waals surface area (Å²) in [6, 6.07) is 10.5. The van der Waals surface area contributed by atoms with E-state index in [4.69, 9.17) is 0 Å². The van der Waals surface area contributed by atoms with E-state index in [1.165, 1.54) is 17.4 Å². The molecule has 1 aromatic heterocycles. The van der Waals surface area contributed by atoms with Crippen LogP contribution in [0.3, 0.4) is 0 Å². The predicted molar refractivity (Wildman–Crippen MR) is 63.9 cm³/mol. The van der Waals surface area contributed by atoms with Gasteiger partial charge in [-0.05, 0) is 30.5 Å². The molecule has 2 heteroatoms. The van der Waals surface area contributed by atoms with E-state index in [1.54, 1.807) is 0 Å². The number of hydrogen-bond acceptors (Lipinski definition) is 1. The Morgan fingerprint density at radius 3 is 2.93 bits per heavy atom. The summed E-state index contributed by atoms with van der Waals surface area (Å²) in [7, 11) is 0. The van der Waals surface area contributed by atoms with Crippen molar-refractivity contribution in [1.82, 2.24) is 4.98 Å². The molecular weight excluding hydrogens is 238 g/mol. The van der Waals surface area contributed by atoms with Crippen LogP contribution >= 0.6 is 15.9 Å². The van der Waals surface area contributed by atoms with Crippen LogP contribution < -0.4 is 0 Å². The SMILES string of the molecule is BrCCCc1cnc2ccccc2c1. The van der Waals surface area contributed by atoms with Gasteiger partial charge < -0.3 is 0 Å². The topological polar surface area (TPSA) is 12.9 Å². The first-order chi connectivity index (χ1) is 6.90. The third-order valence-corrected chi connectivity index (χ3v) is 2.81. The summed E-state index contributed by atoms with van der Waals surface area (Å²) in [5.74, 6) is 0. The molecule has 2 aromatic rings. The highest BCUT2D eigenvalue weighted by Crippen LogP contribution is 2.13. The number of pyridine rings is 1. The van der Waals surface area contributed by atoms with Crippen molar-refractivity contribution < 1.29 is 0 Å². The first kappa shape index (κ1) is 9.66. The normalized spacial score (nSPS) is 10.6. The summed E-state index contributed by atoms with van der Waals surface area (Å²) in [5.41, 5.74) is 2.40. The second kappa shape index (κ2) is 4.56. The van der Waals surface area contributed by atoms with Crippen molar-refractivity contribution in [2.45, 2.75) is 12.8 Å². The number of alkyl halides is 1. The molecular formula is C12H12BrN. The minimum Gasteiger partial charge on any atom is -0.256 e. The molecule has 0 unspecified atom stereocenters. The van der Waals surface area contributed by atoms with Gasteiger partial charge in [0, 0.05) is 16.9 Å². The maximum Gasteiger partial charge on any atom is 0.0702 e. The summed E-state index contributed by atoms with van der Waals surface area (Å²) in [6.07, 6.45) is 4.24. The lowest BCUT2D eigenvalue weighted by Crippen LogP contribution is -1.88. The van der Waals surface area contributed by atoms with Crippen molar-refractivity contribution in [2.75, 3.05) is 5.33 Å². The van der Waals surface area contributed by atoms with Crippen LogP contribution in [0.25, 0.3) is 10.9 Å². The fraction of sp³-hybridized carbons (Fsp3) is 0.250. The molecule has 0 bridgehead atoms. The Morgan fingerprint density at radius 2 is 2.07 bits per heavy atom. The summed E-state index contributed by atoms with van der Waals surface area (Å²) >= 11 is 3.44. The fourth-order valence-corrected chi connectivity index (χ4v) is 1.80. The monoisotopic (exact) mass is 249 g/mol. The van der Waals surface area contributed by atoms with E-state index in [0.29, 0.717) is 0 Å². The van der Waals surface area contributed by atoms with Crippen molar-refractivity contribution in [3.63, 3.8) is 0 Å². The van der Waals surface area contributed by atoms with Gasteiger partial charge in [0.15, 0.2) is 0 Å². The van der Waals surface area contributed by atoms with Gasteiger partial charge in [-0.1, -0.05) is 34.1 Å². The molecule has 14 heavy (non-hydrogen) atoms. The van der Waals surface area contributed by atoms with Gasteiger partial charge in [-0.15, -0.1) is 0 Å². The molecule has 1 heterocycles. The van der Waals surface area contributed by atoms with Gasteiger partial charge in [0.2, 0.25) is 0 Å². The second-order valence-corrected chi connectivity index (χ2v) is 4.12. The Morgan fingerprint density at radius 1 is 1.21 bits per heavy atom. The average molecular weight is 250 g/mol. The van der Waals surface area contributed by atoms with E-state index in [0.717, 1.165) is 17.3 Å². The molecule has 72 valence electrons. The molecule has 0 aliphatic carbocycles. The first-order valence-corrected chi connectivity index (χ1v) is 5.92. The number of nitrogens with zero attached hydrogens (tertiary/aromatic N) is 1. The summed E-state index contributed by atoms with van der Waals surface area (Å²) < 4.78 is 0. The molecule has 1 aromatic carbocycles. The molecule has 0 fully saturated rings. The highest BCUT2D eigenvalue weighted by molar-refractivity contribution is 9.09. The van der Waals surface area contributed by atoms with Gasteiger partial charge in [0.05, 0.1) is 5.52 Å². The summed E-state index contributed by atoms with van der Waals surface area (Å²) in [5, 5.41) is 2.29. The third-order valence-electron chi connectivity index (χ3n) is 2.25. The summed E-state index contributed by atoms with van der Waals surface area (Å²) in [4.78, 5) is 4.42. The Labute approximate surface area is 92.3 Å². The van der Waals surface area contributed by atoms with Crippen LogP contribution in [0.2, 0.25) is 0 Å². The minimum atomic E-state index is 1.06. The lowest BCUT2D eigenvalue weighted by molar-refractivity contribution is 0.934. The van der Waals surface area contributed by atoms with E-state index < -0.39 is 0 Å². The van der Waals surface area contributed by atoms with Crippen LogP contribution in [-0.4, -0.2) is 10.3 Å². The van der Waals surface area contributed by atoms with Crippen LogP contribution in [0, 0.1) is 0 Å². The number of benzene rings is 1. The number of aromatic nitrogens is 1. The minimum absolute atomic E-state index is 1.06. The highest BCUT2D eigenvalue weighted by atomic mass is 79.9. The zero-order valence-electron chi connectivity index (χ0n) is 7.91.